The lowest BCUT2D eigenvalue weighted by Crippen LogP contribution is -2.34. The van der Waals surface area contributed by atoms with Gasteiger partial charge in [0.15, 0.2) is 0 Å². The molecule has 0 aromatic heterocycles. The molecule has 0 saturated carbocycles. The van der Waals surface area contributed by atoms with E-state index in [4.69, 9.17) is 0 Å². The predicted octanol–water partition coefficient (Wildman–Crippen LogP) is 3.44. The molecule has 1 aliphatic rings. The molecule has 1 aromatic carbocycles. The zero-order valence-corrected chi connectivity index (χ0v) is 12.7. The summed E-state index contributed by atoms with van der Waals surface area (Å²) in [6.45, 7) is 8.05. The van der Waals surface area contributed by atoms with Crippen LogP contribution in [0.2, 0.25) is 0 Å². The second kappa shape index (κ2) is 7.06. The third-order valence-corrected chi connectivity index (χ3v) is 4.13. The molecule has 1 saturated heterocycles. The van der Waals surface area contributed by atoms with E-state index in [1.807, 2.05) is 0 Å². The summed E-state index contributed by atoms with van der Waals surface area (Å²) < 4.78 is 0. The van der Waals surface area contributed by atoms with E-state index in [0.29, 0.717) is 6.04 Å². The van der Waals surface area contributed by atoms with Crippen LogP contribution in [0.5, 0.6) is 0 Å². The molecule has 106 valence electrons. The first kappa shape index (κ1) is 14.5. The van der Waals surface area contributed by atoms with Crippen LogP contribution in [0.25, 0.3) is 0 Å². The van der Waals surface area contributed by atoms with Gasteiger partial charge in [0.2, 0.25) is 0 Å². The quantitative estimate of drug-likeness (QED) is 0.892. The van der Waals surface area contributed by atoms with Crippen LogP contribution in [0.3, 0.4) is 0 Å². The standard InChI is InChI=1S/C17H28N2/c1-14-10-15(2)12-16(11-14)17(18-3)13-19-8-6-4-5-7-9-19/h10-12,17-18H,4-9,13H2,1-3H3. The van der Waals surface area contributed by atoms with Gasteiger partial charge in [-0.3, -0.25) is 0 Å². The smallest absolute Gasteiger partial charge is 0.0447 e. The Morgan fingerprint density at radius 3 is 2.11 bits per heavy atom. The van der Waals surface area contributed by atoms with Gasteiger partial charge in [-0.2, -0.15) is 0 Å². The molecule has 1 unspecified atom stereocenters. The summed E-state index contributed by atoms with van der Waals surface area (Å²) in [4.78, 5) is 2.63. The Kier molecular flexibility index (Phi) is 5.41. The zero-order chi connectivity index (χ0) is 13.7. The molecule has 0 amide bonds. The first-order valence-electron chi connectivity index (χ1n) is 7.67. The van der Waals surface area contributed by atoms with Crippen molar-refractivity contribution in [3.8, 4) is 0 Å². The highest BCUT2D eigenvalue weighted by Gasteiger charge is 2.16. The van der Waals surface area contributed by atoms with E-state index in [2.05, 4.69) is 49.3 Å². The average Bonchev–Trinajstić information content (AvgIpc) is 2.63. The number of aryl methyl sites for hydroxylation is 2. The molecule has 2 heteroatoms. The first-order valence-corrected chi connectivity index (χ1v) is 7.67. The van der Waals surface area contributed by atoms with E-state index >= 15 is 0 Å². The van der Waals surface area contributed by atoms with Gasteiger partial charge >= 0.3 is 0 Å². The van der Waals surface area contributed by atoms with Gasteiger partial charge in [0, 0.05) is 12.6 Å². The number of hydrogen-bond acceptors (Lipinski definition) is 2. The second-order valence-electron chi connectivity index (χ2n) is 5.98. The lowest BCUT2D eigenvalue weighted by atomic mass is 10.0. The van der Waals surface area contributed by atoms with Crippen molar-refractivity contribution >= 4 is 0 Å². The lowest BCUT2D eigenvalue weighted by molar-refractivity contribution is 0.255. The molecule has 1 fully saturated rings. The number of likely N-dealkylation sites (N-methyl/N-ethyl adjacent to an activating group) is 1. The van der Waals surface area contributed by atoms with Gasteiger partial charge in [-0.25, -0.2) is 0 Å². The summed E-state index contributed by atoms with van der Waals surface area (Å²) in [5, 5.41) is 3.50. The van der Waals surface area contributed by atoms with Gasteiger partial charge in [0.05, 0.1) is 0 Å². The number of nitrogens with one attached hydrogen (secondary N) is 1. The summed E-state index contributed by atoms with van der Waals surface area (Å²) in [6, 6.07) is 7.36. The highest BCUT2D eigenvalue weighted by Crippen LogP contribution is 2.19. The maximum absolute atomic E-state index is 3.50. The predicted molar refractivity (Wildman–Crippen MR) is 82.6 cm³/mol. The molecule has 1 heterocycles. The fraction of sp³-hybridized carbons (Fsp3) is 0.647. The minimum atomic E-state index is 0.455. The van der Waals surface area contributed by atoms with Crippen LogP contribution in [-0.4, -0.2) is 31.6 Å². The molecule has 0 bridgehead atoms. The topological polar surface area (TPSA) is 15.3 Å². The summed E-state index contributed by atoms with van der Waals surface area (Å²) in [5.74, 6) is 0. The molecular formula is C17H28N2. The molecule has 19 heavy (non-hydrogen) atoms. The normalized spacial score (nSPS) is 19.1. The molecule has 0 aliphatic carbocycles. The minimum Gasteiger partial charge on any atom is -0.312 e. The van der Waals surface area contributed by atoms with Crippen LogP contribution in [-0.2, 0) is 0 Å². The van der Waals surface area contributed by atoms with Crippen molar-refractivity contribution in [1.82, 2.24) is 10.2 Å². The monoisotopic (exact) mass is 260 g/mol. The molecular weight excluding hydrogens is 232 g/mol. The van der Waals surface area contributed by atoms with Crippen LogP contribution < -0.4 is 5.32 Å². The molecule has 1 aliphatic heterocycles. The molecule has 0 radical (unpaired) electrons. The Bertz CT molecular complexity index is 372. The van der Waals surface area contributed by atoms with Crippen LogP contribution >= 0.6 is 0 Å². The summed E-state index contributed by atoms with van der Waals surface area (Å²) >= 11 is 0. The second-order valence-corrected chi connectivity index (χ2v) is 5.98. The Balaban J connectivity index is 2.05. The van der Waals surface area contributed by atoms with Crippen molar-refractivity contribution in [3.63, 3.8) is 0 Å². The summed E-state index contributed by atoms with van der Waals surface area (Å²) in [6.07, 6.45) is 5.54. The maximum atomic E-state index is 3.50. The first-order chi connectivity index (χ1) is 9.19. The van der Waals surface area contributed by atoms with Gasteiger partial charge in [0.1, 0.15) is 0 Å². The van der Waals surface area contributed by atoms with Gasteiger partial charge in [-0.05, 0) is 52.4 Å². The van der Waals surface area contributed by atoms with Crippen molar-refractivity contribution in [2.24, 2.45) is 0 Å². The number of likely N-dealkylation sites (tertiary alicyclic amines) is 1. The molecule has 1 N–H and O–H groups in total. The van der Waals surface area contributed by atoms with E-state index in [0.717, 1.165) is 6.54 Å². The van der Waals surface area contributed by atoms with Gasteiger partial charge in [-0.1, -0.05) is 42.2 Å². The number of nitrogens with zero attached hydrogens (tertiary/aromatic N) is 1. The zero-order valence-electron chi connectivity index (χ0n) is 12.7. The van der Waals surface area contributed by atoms with E-state index in [-0.39, 0.29) is 0 Å². The number of benzene rings is 1. The van der Waals surface area contributed by atoms with E-state index in [1.165, 1.54) is 55.5 Å². The van der Waals surface area contributed by atoms with E-state index in [1.54, 1.807) is 0 Å². The third kappa shape index (κ3) is 4.32. The van der Waals surface area contributed by atoms with Gasteiger partial charge in [0.25, 0.3) is 0 Å². The Labute approximate surface area is 118 Å². The van der Waals surface area contributed by atoms with E-state index in [9.17, 15) is 0 Å². The maximum Gasteiger partial charge on any atom is 0.0447 e. The molecule has 1 aromatic rings. The van der Waals surface area contributed by atoms with Crippen LogP contribution in [0.15, 0.2) is 18.2 Å². The van der Waals surface area contributed by atoms with Crippen molar-refractivity contribution in [2.45, 2.75) is 45.6 Å². The lowest BCUT2D eigenvalue weighted by Gasteiger charge is -2.26. The number of hydrogen-bond donors (Lipinski definition) is 1. The molecule has 2 nitrogen and oxygen atoms in total. The Morgan fingerprint density at radius 1 is 1.00 bits per heavy atom. The summed E-state index contributed by atoms with van der Waals surface area (Å²) in [7, 11) is 2.08. The van der Waals surface area contributed by atoms with Gasteiger partial charge in [-0.15, -0.1) is 0 Å². The minimum absolute atomic E-state index is 0.455. The van der Waals surface area contributed by atoms with Crippen molar-refractivity contribution in [2.75, 3.05) is 26.7 Å². The Morgan fingerprint density at radius 2 is 1.58 bits per heavy atom. The van der Waals surface area contributed by atoms with Gasteiger partial charge < -0.3 is 10.2 Å². The largest absolute Gasteiger partial charge is 0.312 e. The van der Waals surface area contributed by atoms with Crippen molar-refractivity contribution in [1.29, 1.82) is 0 Å². The van der Waals surface area contributed by atoms with Crippen LogP contribution in [0, 0.1) is 13.8 Å². The molecule has 1 atom stereocenters. The highest BCUT2D eigenvalue weighted by atomic mass is 15.1. The van der Waals surface area contributed by atoms with Crippen molar-refractivity contribution < 1.29 is 0 Å². The van der Waals surface area contributed by atoms with Crippen LogP contribution in [0.1, 0.15) is 48.4 Å². The van der Waals surface area contributed by atoms with E-state index < -0.39 is 0 Å². The number of rotatable bonds is 4. The third-order valence-electron chi connectivity index (χ3n) is 4.13. The fourth-order valence-electron chi connectivity index (χ4n) is 3.15. The Hall–Kier alpha value is -0.860. The SMILES string of the molecule is CNC(CN1CCCCCC1)c1cc(C)cc(C)c1. The molecule has 0 spiro atoms. The summed E-state index contributed by atoms with van der Waals surface area (Å²) in [5.41, 5.74) is 4.17. The fourth-order valence-corrected chi connectivity index (χ4v) is 3.15. The highest BCUT2D eigenvalue weighted by molar-refractivity contribution is 5.30. The van der Waals surface area contributed by atoms with Crippen LogP contribution in [0.4, 0.5) is 0 Å². The molecule has 2 rings (SSSR count). The van der Waals surface area contributed by atoms with Crippen molar-refractivity contribution in [3.05, 3.63) is 34.9 Å². The average molecular weight is 260 g/mol.